The van der Waals surface area contributed by atoms with E-state index in [-0.39, 0.29) is 29.7 Å². The summed E-state index contributed by atoms with van der Waals surface area (Å²) in [5.74, 6) is 0.707. The number of halogens is 1. The van der Waals surface area contributed by atoms with Crippen molar-refractivity contribution in [2.24, 2.45) is 4.99 Å². The van der Waals surface area contributed by atoms with Crippen LogP contribution in [0.2, 0.25) is 0 Å². The lowest BCUT2D eigenvalue weighted by atomic mass is 10.2. The summed E-state index contributed by atoms with van der Waals surface area (Å²) in [6.45, 7) is 4.01. The molecule has 0 saturated carbocycles. The normalized spacial score (nSPS) is 11.1. The van der Waals surface area contributed by atoms with Crippen molar-refractivity contribution < 1.29 is 9.66 Å². The average Bonchev–Trinajstić information content (AvgIpc) is 2.58. The zero-order valence-electron chi connectivity index (χ0n) is 15.0. The maximum Gasteiger partial charge on any atom is 0.269 e. The van der Waals surface area contributed by atoms with Gasteiger partial charge in [0.25, 0.3) is 5.69 Å². The van der Waals surface area contributed by atoms with E-state index >= 15 is 0 Å². The van der Waals surface area contributed by atoms with Gasteiger partial charge in [-0.2, -0.15) is 0 Å². The highest BCUT2D eigenvalue weighted by Crippen LogP contribution is 2.11. The number of benzene rings is 1. The molecule has 0 unspecified atom stereocenters. The number of likely N-dealkylation sites (N-methyl/N-ethyl adjacent to an activating group) is 1. The van der Waals surface area contributed by atoms with Crippen LogP contribution in [0.25, 0.3) is 0 Å². The fourth-order valence-electron chi connectivity index (χ4n) is 2.10. The number of nitrogens with one attached hydrogen (secondary N) is 2. The molecule has 1 aromatic rings. The summed E-state index contributed by atoms with van der Waals surface area (Å²) in [5.41, 5.74) is 1.05. The van der Waals surface area contributed by atoms with Crippen molar-refractivity contribution in [2.75, 3.05) is 47.4 Å². The summed E-state index contributed by atoms with van der Waals surface area (Å²) in [5, 5.41) is 17.1. The molecule has 0 aromatic heterocycles. The number of ether oxygens (including phenoxy) is 1. The lowest BCUT2D eigenvalue weighted by Gasteiger charge is -2.18. The molecule has 8 nitrogen and oxygen atoms in total. The Labute approximate surface area is 166 Å². The van der Waals surface area contributed by atoms with E-state index in [9.17, 15) is 10.1 Å². The Morgan fingerprint density at radius 2 is 1.96 bits per heavy atom. The number of hydrogen-bond donors (Lipinski definition) is 2. The van der Waals surface area contributed by atoms with E-state index in [2.05, 4.69) is 27.6 Å². The fourth-order valence-corrected chi connectivity index (χ4v) is 2.10. The lowest BCUT2D eigenvalue weighted by Crippen LogP contribution is -2.40. The quantitative estimate of drug-likeness (QED) is 0.137. The Balaban J connectivity index is 0.00000576. The number of nitro benzene ring substituents is 1. The van der Waals surface area contributed by atoms with E-state index in [1.165, 1.54) is 12.1 Å². The zero-order chi connectivity index (χ0) is 17.8. The van der Waals surface area contributed by atoms with Crippen LogP contribution in [0.5, 0.6) is 0 Å². The summed E-state index contributed by atoms with van der Waals surface area (Å²) < 4.78 is 5.04. The number of hydrogen-bond acceptors (Lipinski definition) is 5. The van der Waals surface area contributed by atoms with Crippen molar-refractivity contribution in [3.8, 4) is 0 Å². The van der Waals surface area contributed by atoms with E-state index in [1.54, 1.807) is 26.3 Å². The Morgan fingerprint density at radius 1 is 1.28 bits per heavy atom. The van der Waals surface area contributed by atoms with E-state index in [0.29, 0.717) is 12.5 Å². The minimum atomic E-state index is -0.402. The molecule has 0 amide bonds. The first-order valence-electron chi connectivity index (χ1n) is 7.92. The summed E-state index contributed by atoms with van der Waals surface area (Å²) in [6, 6.07) is 6.48. The van der Waals surface area contributed by atoms with Crippen LogP contribution in [-0.2, 0) is 11.3 Å². The second-order valence-corrected chi connectivity index (χ2v) is 5.43. The molecule has 0 aliphatic heterocycles. The average molecular weight is 465 g/mol. The van der Waals surface area contributed by atoms with Crippen LogP contribution in [0.4, 0.5) is 5.69 Å². The van der Waals surface area contributed by atoms with Gasteiger partial charge in [-0.3, -0.25) is 15.1 Å². The topological polar surface area (TPSA) is 92.0 Å². The molecular weight excluding hydrogens is 437 g/mol. The van der Waals surface area contributed by atoms with Gasteiger partial charge in [0.15, 0.2) is 5.96 Å². The Bertz CT molecular complexity index is 525. The van der Waals surface area contributed by atoms with E-state index in [0.717, 1.165) is 38.2 Å². The smallest absolute Gasteiger partial charge is 0.269 e. The predicted octanol–water partition coefficient (Wildman–Crippen LogP) is 1.85. The standard InChI is InChI=1S/C16H27N5O3.HI/c1-17-16(18-9-11-20(2)10-4-12-24-3)19-13-14-5-7-15(8-6-14)21(22)23;/h5-8H,4,9-13H2,1-3H3,(H2,17,18,19);1H. The second-order valence-electron chi connectivity index (χ2n) is 5.43. The number of nitrogens with zero attached hydrogens (tertiary/aromatic N) is 3. The van der Waals surface area contributed by atoms with Gasteiger partial charge in [-0.15, -0.1) is 24.0 Å². The Hall–Kier alpha value is -1.46. The van der Waals surface area contributed by atoms with E-state index < -0.39 is 4.92 Å². The molecule has 2 N–H and O–H groups in total. The number of non-ortho nitro benzene ring substituents is 1. The first kappa shape index (κ1) is 23.5. The summed E-state index contributed by atoms with van der Waals surface area (Å²) >= 11 is 0. The van der Waals surface area contributed by atoms with Gasteiger partial charge >= 0.3 is 0 Å². The molecule has 1 aromatic carbocycles. The highest BCUT2D eigenvalue weighted by Gasteiger charge is 2.05. The Morgan fingerprint density at radius 3 is 2.52 bits per heavy atom. The van der Waals surface area contributed by atoms with Crippen LogP contribution >= 0.6 is 24.0 Å². The minimum absolute atomic E-state index is 0. The maximum atomic E-state index is 10.6. The Kier molecular flexibility index (Phi) is 13.0. The van der Waals surface area contributed by atoms with Gasteiger partial charge in [-0.05, 0) is 19.0 Å². The number of aliphatic imine (C=N–C) groups is 1. The molecule has 0 fully saturated rings. The molecule has 9 heteroatoms. The number of rotatable bonds is 10. The fraction of sp³-hybridized carbons (Fsp3) is 0.562. The lowest BCUT2D eigenvalue weighted by molar-refractivity contribution is -0.384. The third kappa shape index (κ3) is 10.2. The van der Waals surface area contributed by atoms with Gasteiger partial charge in [0.05, 0.1) is 4.92 Å². The second kappa shape index (κ2) is 13.8. The van der Waals surface area contributed by atoms with Crippen molar-refractivity contribution >= 4 is 35.6 Å². The molecule has 0 saturated heterocycles. The third-order valence-corrected chi connectivity index (χ3v) is 3.50. The van der Waals surface area contributed by atoms with Gasteiger partial charge in [0.2, 0.25) is 0 Å². The molecule has 0 bridgehead atoms. The van der Waals surface area contributed by atoms with Gasteiger partial charge in [-0.25, -0.2) is 0 Å². The van der Waals surface area contributed by atoms with Crippen LogP contribution in [0.1, 0.15) is 12.0 Å². The molecule has 142 valence electrons. The van der Waals surface area contributed by atoms with Gasteiger partial charge in [0, 0.05) is 59.1 Å². The third-order valence-electron chi connectivity index (χ3n) is 3.50. The van der Waals surface area contributed by atoms with Crippen molar-refractivity contribution in [2.45, 2.75) is 13.0 Å². The number of methoxy groups -OCH3 is 1. The molecule has 0 heterocycles. The first-order valence-corrected chi connectivity index (χ1v) is 7.92. The molecule has 1 rings (SSSR count). The van der Waals surface area contributed by atoms with Gasteiger partial charge in [-0.1, -0.05) is 12.1 Å². The summed E-state index contributed by atoms with van der Waals surface area (Å²) in [6.07, 6.45) is 1.01. The number of guanidine groups is 1. The maximum absolute atomic E-state index is 10.6. The summed E-state index contributed by atoms with van der Waals surface area (Å²) in [7, 11) is 5.50. The van der Waals surface area contributed by atoms with Crippen molar-refractivity contribution in [1.29, 1.82) is 0 Å². The molecule has 25 heavy (non-hydrogen) atoms. The highest BCUT2D eigenvalue weighted by atomic mass is 127. The zero-order valence-corrected chi connectivity index (χ0v) is 17.4. The van der Waals surface area contributed by atoms with Crippen LogP contribution < -0.4 is 10.6 Å². The van der Waals surface area contributed by atoms with Crippen LogP contribution in [-0.4, -0.2) is 63.2 Å². The highest BCUT2D eigenvalue weighted by molar-refractivity contribution is 14.0. The van der Waals surface area contributed by atoms with Crippen molar-refractivity contribution in [3.63, 3.8) is 0 Å². The molecular formula is C16H28IN5O3. The van der Waals surface area contributed by atoms with Crippen LogP contribution in [0.3, 0.4) is 0 Å². The number of nitro groups is 1. The molecule has 0 aliphatic carbocycles. The van der Waals surface area contributed by atoms with Gasteiger partial charge in [0.1, 0.15) is 0 Å². The van der Waals surface area contributed by atoms with Crippen LogP contribution in [0, 0.1) is 10.1 Å². The van der Waals surface area contributed by atoms with Crippen molar-refractivity contribution in [1.82, 2.24) is 15.5 Å². The van der Waals surface area contributed by atoms with E-state index in [1.807, 2.05) is 0 Å². The van der Waals surface area contributed by atoms with Crippen LogP contribution in [0.15, 0.2) is 29.3 Å². The first-order chi connectivity index (χ1) is 11.6. The minimum Gasteiger partial charge on any atom is -0.385 e. The monoisotopic (exact) mass is 465 g/mol. The molecule has 0 atom stereocenters. The van der Waals surface area contributed by atoms with E-state index in [4.69, 9.17) is 4.74 Å². The van der Waals surface area contributed by atoms with Crippen molar-refractivity contribution in [3.05, 3.63) is 39.9 Å². The largest absolute Gasteiger partial charge is 0.385 e. The SMILES string of the molecule is CN=C(NCCN(C)CCCOC)NCc1ccc([N+](=O)[O-])cc1.I. The molecule has 0 aliphatic rings. The summed E-state index contributed by atoms with van der Waals surface area (Å²) in [4.78, 5) is 16.6. The van der Waals surface area contributed by atoms with Gasteiger partial charge < -0.3 is 20.3 Å². The predicted molar refractivity (Wildman–Crippen MR) is 111 cm³/mol. The molecule has 0 radical (unpaired) electrons. The molecule has 0 spiro atoms.